The Bertz CT molecular complexity index is 704. The molecule has 0 fully saturated rings. The average molecular weight is 385 g/mol. The number of benzene rings is 1. The Balaban J connectivity index is 0.00000312. The number of anilines is 1. The number of halogens is 1. The Morgan fingerprint density at radius 3 is 2.48 bits per heavy atom. The summed E-state index contributed by atoms with van der Waals surface area (Å²) in [5.74, 6) is 1.62. The monoisotopic (exact) mass is 384 g/mol. The number of nitrogens with zero attached hydrogens (tertiary/aromatic N) is 1. The second-order valence-electron chi connectivity index (χ2n) is 5.31. The summed E-state index contributed by atoms with van der Waals surface area (Å²) >= 11 is 1.41. The molecule has 2 aromatic rings. The minimum atomic E-state index is 0. The first-order valence-corrected chi connectivity index (χ1v) is 8.97. The lowest BCUT2D eigenvalue weighted by molar-refractivity contribution is 0.102. The second-order valence-corrected chi connectivity index (χ2v) is 6.31. The Morgan fingerprint density at radius 2 is 1.88 bits per heavy atom. The lowest BCUT2D eigenvalue weighted by Crippen LogP contribution is -2.05. The Morgan fingerprint density at radius 1 is 1.20 bits per heavy atom. The Labute approximate surface area is 159 Å². The van der Waals surface area contributed by atoms with Crippen LogP contribution in [0.2, 0.25) is 0 Å². The van der Waals surface area contributed by atoms with E-state index in [1.165, 1.54) is 11.3 Å². The van der Waals surface area contributed by atoms with E-state index in [1.54, 1.807) is 6.92 Å². The van der Waals surface area contributed by atoms with Gasteiger partial charge in [-0.15, -0.1) is 12.4 Å². The number of hydrogen-bond acceptors (Lipinski definition) is 6. The number of ether oxygens (including phenoxy) is 2. The fraction of sp³-hybridized carbons (Fsp3) is 0.444. The van der Waals surface area contributed by atoms with Crippen molar-refractivity contribution in [3.63, 3.8) is 0 Å². The molecule has 2 rings (SSSR count). The molecule has 0 saturated heterocycles. The minimum absolute atomic E-state index is 0. The molecule has 0 aliphatic rings. The van der Waals surface area contributed by atoms with Crippen LogP contribution in [0.4, 0.5) is 5.13 Å². The van der Waals surface area contributed by atoms with Crippen molar-refractivity contribution in [1.82, 2.24) is 4.98 Å². The summed E-state index contributed by atoms with van der Waals surface area (Å²) in [6.07, 6.45) is 0.834. The standard InChI is InChI=1S/C18H24N2O3S.ClH/c1-5-22-15-8-7-14(11-16(15)23-6-2)9-10-19-18-20-12(3)17(24-18)13(4)21;/h7-8,11H,5-6,9-10H2,1-4H3,(H,19,20);1H. The van der Waals surface area contributed by atoms with Crippen LogP contribution in [0.1, 0.15) is 41.7 Å². The minimum Gasteiger partial charge on any atom is -0.490 e. The van der Waals surface area contributed by atoms with Gasteiger partial charge in [0.15, 0.2) is 22.4 Å². The quantitative estimate of drug-likeness (QED) is 0.643. The topological polar surface area (TPSA) is 60.5 Å². The van der Waals surface area contributed by atoms with Crippen molar-refractivity contribution < 1.29 is 14.3 Å². The van der Waals surface area contributed by atoms with Crippen LogP contribution in [0.5, 0.6) is 11.5 Å². The van der Waals surface area contributed by atoms with E-state index < -0.39 is 0 Å². The van der Waals surface area contributed by atoms with Crippen LogP contribution < -0.4 is 14.8 Å². The zero-order valence-electron chi connectivity index (χ0n) is 15.0. The first kappa shape index (κ1) is 21.3. The number of Topliss-reactive ketones (excluding diaryl/α,β-unsaturated/α-hetero) is 1. The SMILES string of the molecule is CCOc1ccc(CCNc2nc(C)c(C(C)=O)s2)cc1OCC.Cl. The molecule has 0 unspecified atom stereocenters. The molecule has 0 amide bonds. The van der Waals surface area contributed by atoms with Crippen molar-refractivity contribution in [3.8, 4) is 11.5 Å². The van der Waals surface area contributed by atoms with Gasteiger partial charge in [0, 0.05) is 13.5 Å². The largest absolute Gasteiger partial charge is 0.490 e. The van der Waals surface area contributed by atoms with E-state index in [2.05, 4.69) is 10.3 Å². The van der Waals surface area contributed by atoms with E-state index in [0.29, 0.717) is 13.2 Å². The van der Waals surface area contributed by atoms with Crippen molar-refractivity contribution >= 4 is 34.7 Å². The van der Waals surface area contributed by atoms with Gasteiger partial charge in [0.1, 0.15) is 0 Å². The van der Waals surface area contributed by atoms with Crippen molar-refractivity contribution in [2.75, 3.05) is 25.1 Å². The Kier molecular flexibility index (Phi) is 8.72. The van der Waals surface area contributed by atoms with Crippen LogP contribution in [0.3, 0.4) is 0 Å². The van der Waals surface area contributed by atoms with Crippen LogP contribution in [0.15, 0.2) is 18.2 Å². The summed E-state index contributed by atoms with van der Waals surface area (Å²) in [5.41, 5.74) is 1.95. The molecule has 5 nitrogen and oxygen atoms in total. The summed E-state index contributed by atoms with van der Waals surface area (Å²) in [6, 6.07) is 6.01. The highest BCUT2D eigenvalue weighted by molar-refractivity contribution is 7.17. The average Bonchev–Trinajstić information content (AvgIpc) is 2.91. The number of aryl methyl sites for hydroxylation is 1. The highest BCUT2D eigenvalue weighted by atomic mass is 35.5. The molecule has 138 valence electrons. The van der Waals surface area contributed by atoms with Crippen LogP contribution in [0, 0.1) is 6.92 Å². The fourth-order valence-corrected chi connectivity index (χ4v) is 3.25. The van der Waals surface area contributed by atoms with Crippen LogP contribution >= 0.6 is 23.7 Å². The molecule has 0 bridgehead atoms. The smallest absolute Gasteiger partial charge is 0.183 e. The second kappa shape index (κ2) is 10.3. The fourth-order valence-electron chi connectivity index (χ4n) is 2.36. The van der Waals surface area contributed by atoms with Gasteiger partial charge in [-0.3, -0.25) is 4.79 Å². The van der Waals surface area contributed by atoms with Crippen molar-refractivity contribution in [2.45, 2.75) is 34.1 Å². The molecule has 1 aromatic carbocycles. The van der Waals surface area contributed by atoms with Gasteiger partial charge in [0.05, 0.1) is 23.8 Å². The summed E-state index contributed by atoms with van der Waals surface area (Å²) in [7, 11) is 0. The molecular formula is C18H25ClN2O3S. The van der Waals surface area contributed by atoms with Gasteiger partial charge in [-0.05, 0) is 44.9 Å². The third-order valence-electron chi connectivity index (χ3n) is 3.41. The zero-order valence-corrected chi connectivity index (χ0v) is 16.7. The molecule has 7 heteroatoms. The third kappa shape index (κ3) is 5.90. The molecule has 1 aromatic heterocycles. The van der Waals surface area contributed by atoms with Gasteiger partial charge in [-0.2, -0.15) is 0 Å². The van der Waals surface area contributed by atoms with Gasteiger partial charge in [0.25, 0.3) is 0 Å². The van der Waals surface area contributed by atoms with Crippen molar-refractivity contribution in [2.24, 2.45) is 0 Å². The molecule has 0 radical (unpaired) electrons. The van der Waals surface area contributed by atoms with Gasteiger partial charge >= 0.3 is 0 Å². The number of nitrogens with one attached hydrogen (secondary N) is 1. The summed E-state index contributed by atoms with van der Waals surface area (Å²) in [5, 5.41) is 4.07. The summed E-state index contributed by atoms with van der Waals surface area (Å²) < 4.78 is 11.2. The molecular weight excluding hydrogens is 360 g/mol. The number of carbonyl (C=O) groups is 1. The van der Waals surface area contributed by atoms with Crippen molar-refractivity contribution in [3.05, 3.63) is 34.3 Å². The van der Waals surface area contributed by atoms with Gasteiger partial charge in [0.2, 0.25) is 0 Å². The summed E-state index contributed by atoms with van der Waals surface area (Å²) in [6.45, 7) is 9.31. The number of thiazole rings is 1. The van der Waals surface area contributed by atoms with Crippen molar-refractivity contribution in [1.29, 1.82) is 0 Å². The first-order valence-electron chi connectivity index (χ1n) is 8.15. The molecule has 1 heterocycles. The van der Waals surface area contributed by atoms with E-state index in [1.807, 2.05) is 39.0 Å². The molecule has 1 N–H and O–H groups in total. The highest BCUT2D eigenvalue weighted by Crippen LogP contribution is 2.29. The number of carbonyl (C=O) groups excluding carboxylic acids is 1. The number of rotatable bonds is 9. The Hall–Kier alpha value is -1.79. The number of aromatic nitrogens is 1. The summed E-state index contributed by atoms with van der Waals surface area (Å²) in [4.78, 5) is 16.6. The van der Waals surface area contributed by atoms with E-state index >= 15 is 0 Å². The molecule has 0 aliphatic heterocycles. The molecule has 0 atom stereocenters. The lowest BCUT2D eigenvalue weighted by Gasteiger charge is -2.12. The molecule has 0 saturated carbocycles. The number of hydrogen-bond donors (Lipinski definition) is 1. The maximum Gasteiger partial charge on any atom is 0.183 e. The van der Waals surface area contributed by atoms with Crippen LogP contribution in [-0.2, 0) is 6.42 Å². The molecule has 0 spiro atoms. The molecule has 25 heavy (non-hydrogen) atoms. The third-order valence-corrected chi connectivity index (χ3v) is 4.63. The van der Waals surface area contributed by atoms with E-state index in [9.17, 15) is 4.79 Å². The van der Waals surface area contributed by atoms with E-state index in [-0.39, 0.29) is 18.2 Å². The molecule has 0 aliphatic carbocycles. The van der Waals surface area contributed by atoms with Crippen LogP contribution in [-0.4, -0.2) is 30.5 Å². The predicted octanol–water partition coefficient (Wildman–Crippen LogP) is 4.53. The normalized spacial score (nSPS) is 10.1. The van der Waals surface area contributed by atoms with Crippen LogP contribution in [0.25, 0.3) is 0 Å². The maximum absolute atomic E-state index is 11.5. The predicted molar refractivity (Wildman–Crippen MR) is 105 cm³/mol. The first-order chi connectivity index (χ1) is 11.5. The number of ketones is 1. The van der Waals surface area contributed by atoms with Gasteiger partial charge in [-0.1, -0.05) is 17.4 Å². The zero-order chi connectivity index (χ0) is 17.5. The maximum atomic E-state index is 11.5. The van der Waals surface area contributed by atoms with Gasteiger partial charge in [-0.25, -0.2) is 4.98 Å². The highest BCUT2D eigenvalue weighted by Gasteiger charge is 2.11. The lowest BCUT2D eigenvalue weighted by atomic mass is 10.1. The van der Waals surface area contributed by atoms with Gasteiger partial charge < -0.3 is 14.8 Å². The van der Waals surface area contributed by atoms with E-state index in [0.717, 1.165) is 45.7 Å². The van der Waals surface area contributed by atoms with E-state index in [4.69, 9.17) is 9.47 Å².